The minimum absolute atomic E-state index is 0.0382. The lowest BCUT2D eigenvalue weighted by molar-refractivity contribution is -0.668. The Hall–Kier alpha value is -0.770. The Bertz CT molecular complexity index is 162. The van der Waals surface area contributed by atoms with Crippen LogP contribution in [0.2, 0.25) is 0 Å². The van der Waals surface area contributed by atoms with E-state index in [0.29, 0.717) is 0 Å². The fourth-order valence-electron chi connectivity index (χ4n) is 0.530. The van der Waals surface area contributed by atoms with Crippen LogP contribution in [0.15, 0.2) is 15.4 Å². The predicted molar refractivity (Wildman–Crippen MR) is 33.7 cm³/mol. The maximum Gasteiger partial charge on any atom is 0.219 e. The van der Waals surface area contributed by atoms with Gasteiger partial charge in [-0.05, 0) is 5.10 Å². The average molecular weight is 127 g/mol. The van der Waals surface area contributed by atoms with E-state index in [9.17, 15) is 0 Å². The van der Waals surface area contributed by atoms with E-state index in [1.807, 2.05) is 0 Å². The van der Waals surface area contributed by atoms with Gasteiger partial charge in [-0.15, -0.1) is 0 Å². The van der Waals surface area contributed by atoms with Crippen LogP contribution in [0.5, 0.6) is 0 Å². The van der Waals surface area contributed by atoms with E-state index in [2.05, 4.69) is 36.2 Å². The van der Waals surface area contributed by atoms with Crippen LogP contribution in [0.1, 0.15) is 20.8 Å². The molecule has 2 N–H and O–H groups in total. The third-order valence-corrected chi connectivity index (χ3v) is 1.05. The molecule has 0 saturated heterocycles. The van der Waals surface area contributed by atoms with Gasteiger partial charge in [-0.3, -0.25) is 0 Å². The second-order valence-electron chi connectivity index (χ2n) is 3.03. The zero-order valence-corrected chi connectivity index (χ0v) is 5.92. The Balaban J connectivity index is 2.73. The van der Waals surface area contributed by atoms with Gasteiger partial charge < -0.3 is 0 Å². The van der Waals surface area contributed by atoms with E-state index in [1.165, 1.54) is 5.53 Å². The molecule has 0 aromatic heterocycles. The Labute approximate surface area is 54.0 Å². The summed E-state index contributed by atoms with van der Waals surface area (Å²) in [5, 5.41) is 11.4. The molecule has 0 amide bonds. The van der Waals surface area contributed by atoms with Crippen LogP contribution in [0.25, 0.3) is 0 Å². The molecule has 4 nitrogen and oxygen atoms in total. The van der Waals surface area contributed by atoms with Crippen molar-refractivity contribution in [2.75, 3.05) is 0 Å². The van der Waals surface area contributed by atoms with Gasteiger partial charge in [0.05, 0.1) is 5.22 Å². The van der Waals surface area contributed by atoms with Gasteiger partial charge in [0.25, 0.3) is 0 Å². The SMILES string of the molecule is CC(C)(C)C1=N[NH2+]N=N1. The molecule has 0 atom stereocenters. The fourth-order valence-corrected chi connectivity index (χ4v) is 0.530. The third kappa shape index (κ3) is 1.32. The first-order chi connectivity index (χ1) is 4.11. The van der Waals surface area contributed by atoms with Crippen LogP contribution in [-0.4, -0.2) is 5.84 Å². The summed E-state index contributed by atoms with van der Waals surface area (Å²) in [5.74, 6) is 0.808. The van der Waals surface area contributed by atoms with Gasteiger partial charge in [0.15, 0.2) is 0 Å². The molecule has 0 aromatic carbocycles. The van der Waals surface area contributed by atoms with Crippen LogP contribution in [0, 0.1) is 5.41 Å². The molecule has 0 bridgehead atoms. The second-order valence-corrected chi connectivity index (χ2v) is 3.03. The van der Waals surface area contributed by atoms with Crippen LogP contribution in [0.4, 0.5) is 0 Å². The Morgan fingerprint density at radius 1 is 1.33 bits per heavy atom. The number of hydrogen-bond donors (Lipinski definition) is 1. The molecule has 0 saturated carbocycles. The highest BCUT2D eigenvalue weighted by Gasteiger charge is 2.23. The normalized spacial score (nSPS) is 18.3. The smallest absolute Gasteiger partial charge is 0.0780 e. The molecule has 4 heteroatoms. The van der Waals surface area contributed by atoms with E-state index >= 15 is 0 Å². The summed E-state index contributed by atoms with van der Waals surface area (Å²) in [5.41, 5.74) is 1.51. The van der Waals surface area contributed by atoms with Crippen molar-refractivity contribution in [3.8, 4) is 0 Å². The van der Waals surface area contributed by atoms with Gasteiger partial charge in [-0.25, -0.2) is 0 Å². The lowest BCUT2D eigenvalue weighted by Gasteiger charge is -2.10. The van der Waals surface area contributed by atoms with E-state index < -0.39 is 0 Å². The summed E-state index contributed by atoms with van der Waals surface area (Å²) in [7, 11) is 0. The maximum absolute atomic E-state index is 3.97. The van der Waals surface area contributed by atoms with Crippen LogP contribution >= 0.6 is 0 Å². The Kier molecular flexibility index (Phi) is 1.32. The molecule has 0 radical (unpaired) electrons. The van der Waals surface area contributed by atoms with Crippen LogP contribution in [-0.2, 0) is 0 Å². The standard InChI is InChI=1S/C5H10N4/c1-5(2,3)4-6-8-9-7-4/h1-3H3,(H,6,7,8,9)/p+1. The summed E-state index contributed by atoms with van der Waals surface area (Å²) < 4.78 is 0. The molecule has 1 aliphatic heterocycles. The molecule has 1 aliphatic rings. The highest BCUT2D eigenvalue weighted by atomic mass is 15.6. The van der Waals surface area contributed by atoms with Gasteiger partial charge in [-0.2, -0.15) is 0 Å². The molecule has 1 heterocycles. The molecule has 0 aromatic rings. The summed E-state index contributed by atoms with van der Waals surface area (Å²) >= 11 is 0. The van der Waals surface area contributed by atoms with Crippen LogP contribution < -0.4 is 5.53 Å². The van der Waals surface area contributed by atoms with Gasteiger partial charge in [-0.1, -0.05) is 31.4 Å². The highest BCUT2D eigenvalue weighted by Crippen LogP contribution is 2.16. The van der Waals surface area contributed by atoms with Gasteiger partial charge in [0.2, 0.25) is 5.84 Å². The molecule has 9 heavy (non-hydrogen) atoms. The predicted octanol–water partition coefficient (Wildman–Crippen LogP) is 0.290. The van der Waals surface area contributed by atoms with Gasteiger partial charge in [0, 0.05) is 5.41 Å². The summed E-state index contributed by atoms with van der Waals surface area (Å²) in [6.07, 6.45) is 0. The summed E-state index contributed by atoms with van der Waals surface area (Å²) in [6, 6.07) is 0. The van der Waals surface area contributed by atoms with Crippen molar-refractivity contribution in [3.05, 3.63) is 0 Å². The quantitative estimate of drug-likeness (QED) is 0.455. The number of quaternary nitrogens is 1. The lowest BCUT2D eigenvalue weighted by Crippen LogP contribution is -2.69. The van der Waals surface area contributed by atoms with Gasteiger partial charge >= 0.3 is 0 Å². The first-order valence-electron chi connectivity index (χ1n) is 2.91. The maximum atomic E-state index is 3.97. The highest BCUT2D eigenvalue weighted by molar-refractivity contribution is 5.87. The fraction of sp³-hybridized carbons (Fsp3) is 0.800. The van der Waals surface area contributed by atoms with Crippen molar-refractivity contribution in [2.24, 2.45) is 20.9 Å². The van der Waals surface area contributed by atoms with E-state index in [0.717, 1.165) is 5.84 Å². The average Bonchev–Trinajstić information content (AvgIpc) is 2.08. The monoisotopic (exact) mass is 127 g/mol. The summed E-state index contributed by atoms with van der Waals surface area (Å²) in [4.78, 5) is 0. The topological polar surface area (TPSA) is 53.7 Å². The molecule has 50 valence electrons. The van der Waals surface area contributed by atoms with Crippen molar-refractivity contribution in [3.63, 3.8) is 0 Å². The number of nitrogens with zero attached hydrogens (tertiary/aromatic N) is 3. The second kappa shape index (κ2) is 1.88. The minimum atomic E-state index is 0.0382. The number of nitrogens with two attached hydrogens (primary N) is 1. The molecular weight excluding hydrogens is 116 g/mol. The zero-order chi connectivity index (χ0) is 6.91. The van der Waals surface area contributed by atoms with Crippen molar-refractivity contribution >= 4 is 5.84 Å². The molecule has 0 spiro atoms. The minimum Gasteiger partial charge on any atom is -0.0780 e. The summed E-state index contributed by atoms with van der Waals surface area (Å²) in [6.45, 7) is 6.18. The first kappa shape index (κ1) is 6.35. The molecular formula is C5H11N4+. The third-order valence-electron chi connectivity index (χ3n) is 1.05. The Morgan fingerprint density at radius 3 is 2.22 bits per heavy atom. The van der Waals surface area contributed by atoms with Crippen LogP contribution in [0.3, 0.4) is 0 Å². The van der Waals surface area contributed by atoms with E-state index in [1.54, 1.807) is 0 Å². The number of hydrogen-bond acceptors (Lipinski definition) is 3. The van der Waals surface area contributed by atoms with Crippen molar-refractivity contribution in [2.45, 2.75) is 20.8 Å². The largest absolute Gasteiger partial charge is 0.219 e. The molecule has 1 rings (SSSR count). The number of rotatable bonds is 0. The lowest BCUT2D eigenvalue weighted by atomic mass is 9.96. The van der Waals surface area contributed by atoms with Gasteiger partial charge in [0.1, 0.15) is 0 Å². The van der Waals surface area contributed by atoms with Crippen molar-refractivity contribution in [1.29, 1.82) is 0 Å². The molecule has 0 unspecified atom stereocenters. The van der Waals surface area contributed by atoms with E-state index in [4.69, 9.17) is 0 Å². The number of amidine groups is 1. The first-order valence-corrected chi connectivity index (χ1v) is 2.91. The molecule has 0 aliphatic carbocycles. The van der Waals surface area contributed by atoms with E-state index in [-0.39, 0.29) is 5.41 Å². The molecule has 0 fully saturated rings. The van der Waals surface area contributed by atoms with Crippen molar-refractivity contribution in [1.82, 2.24) is 0 Å². The zero-order valence-electron chi connectivity index (χ0n) is 5.92. The van der Waals surface area contributed by atoms with Crippen molar-refractivity contribution < 1.29 is 5.53 Å². The Morgan fingerprint density at radius 2 is 2.00 bits per heavy atom.